The summed E-state index contributed by atoms with van der Waals surface area (Å²) in [6.45, 7) is 6.50. The number of ether oxygens (including phenoxy) is 3. The van der Waals surface area contributed by atoms with Gasteiger partial charge in [0.25, 0.3) is 0 Å². The van der Waals surface area contributed by atoms with Gasteiger partial charge in [0.2, 0.25) is 0 Å². The lowest BCUT2D eigenvalue weighted by Gasteiger charge is -2.18. The third-order valence-corrected chi connectivity index (χ3v) is 11.5. The highest BCUT2D eigenvalue weighted by molar-refractivity contribution is 5.71. The molecule has 0 aliphatic carbocycles. The first-order valence-corrected chi connectivity index (χ1v) is 27.2. The van der Waals surface area contributed by atoms with Crippen LogP contribution in [-0.2, 0) is 28.6 Å². The van der Waals surface area contributed by atoms with Crippen molar-refractivity contribution in [3.05, 3.63) is 85.1 Å². The van der Waals surface area contributed by atoms with E-state index in [1.807, 2.05) is 0 Å². The summed E-state index contributed by atoms with van der Waals surface area (Å²) < 4.78 is 16.8. The molecule has 0 aromatic rings. The number of esters is 3. The molecule has 0 aliphatic rings. The smallest absolute Gasteiger partial charge is 0.306 e. The van der Waals surface area contributed by atoms with Crippen molar-refractivity contribution in [2.24, 2.45) is 0 Å². The number of hydrogen-bond donors (Lipinski definition) is 0. The molecule has 0 aromatic heterocycles. The number of hydrogen-bond acceptors (Lipinski definition) is 6. The van der Waals surface area contributed by atoms with E-state index in [-0.39, 0.29) is 31.1 Å². The van der Waals surface area contributed by atoms with Crippen molar-refractivity contribution in [3.63, 3.8) is 0 Å². The molecule has 0 spiro atoms. The summed E-state index contributed by atoms with van der Waals surface area (Å²) >= 11 is 0. The molecule has 0 saturated carbocycles. The molecule has 6 nitrogen and oxygen atoms in total. The number of rotatable bonds is 48. The summed E-state index contributed by atoms with van der Waals surface area (Å²) in [4.78, 5) is 38.0. The number of carbonyl (C=O) groups is 3. The van der Waals surface area contributed by atoms with E-state index in [1.165, 1.54) is 109 Å². The Hall–Kier alpha value is -3.41. The highest BCUT2D eigenvalue weighted by Crippen LogP contribution is 2.14. The second kappa shape index (κ2) is 53.2. The zero-order chi connectivity index (χ0) is 47.2. The van der Waals surface area contributed by atoms with Crippen molar-refractivity contribution < 1.29 is 28.6 Å². The fourth-order valence-corrected chi connectivity index (χ4v) is 7.31. The normalized spacial score (nSPS) is 12.7. The second-order valence-electron chi connectivity index (χ2n) is 17.9. The highest BCUT2D eigenvalue weighted by Gasteiger charge is 2.19. The third kappa shape index (κ3) is 51.4. The van der Waals surface area contributed by atoms with Crippen LogP contribution in [0, 0.1) is 0 Å². The molecule has 0 radical (unpaired) electrons. The molecule has 372 valence electrons. The Kier molecular flexibility index (Phi) is 50.4. The van der Waals surface area contributed by atoms with Gasteiger partial charge in [0.15, 0.2) is 6.10 Å². The fraction of sp³-hybridized carbons (Fsp3) is 0.712. The average Bonchev–Trinajstić information content (AvgIpc) is 3.30. The molecule has 0 rings (SSSR count). The first-order chi connectivity index (χ1) is 32.0. The molecule has 0 fully saturated rings. The van der Waals surface area contributed by atoms with Crippen molar-refractivity contribution in [2.45, 2.75) is 258 Å². The van der Waals surface area contributed by atoms with Crippen LogP contribution in [0.4, 0.5) is 0 Å². The lowest BCUT2D eigenvalue weighted by Crippen LogP contribution is -2.30. The Balaban J connectivity index is 4.39. The molecular formula is C59H100O6. The topological polar surface area (TPSA) is 78.9 Å². The molecular weight excluding hydrogens is 805 g/mol. The maximum Gasteiger partial charge on any atom is 0.306 e. The van der Waals surface area contributed by atoms with E-state index in [1.54, 1.807) is 0 Å². The maximum atomic E-state index is 12.8. The van der Waals surface area contributed by atoms with Crippen LogP contribution < -0.4 is 0 Å². The molecule has 0 aromatic carbocycles. The summed E-state index contributed by atoms with van der Waals surface area (Å²) in [5, 5.41) is 0. The van der Waals surface area contributed by atoms with Gasteiger partial charge in [0, 0.05) is 19.3 Å². The largest absolute Gasteiger partial charge is 0.462 e. The van der Waals surface area contributed by atoms with Crippen molar-refractivity contribution >= 4 is 17.9 Å². The Morgan fingerprint density at radius 1 is 0.308 bits per heavy atom. The molecule has 1 unspecified atom stereocenters. The van der Waals surface area contributed by atoms with Crippen molar-refractivity contribution in [1.29, 1.82) is 0 Å². The Bertz CT molecular complexity index is 1270. The van der Waals surface area contributed by atoms with E-state index in [0.717, 1.165) is 103 Å². The average molecular weight is 905 g/mol. The minimum Gasteiger partial charge on any atom is -0.462 e. The van der Waals surface area contributed by atoms with Crippen LogP contribution in [0.15, 0.2) is 85.1 Å². The highest BCUT2D eigenvalue weighted by atomic mass is 16.6. The summed E-state index contributed by atoms with van der Waals surface area (Å²) in [5.41, 5.74) is 0. The Labute approximate surface area is 401 Å². The van der Waals surface area contributed by atoms with Crippen LogP contribution in [0.3, 0.4) is 0 Å². The molecule has 0 aliphatic heterocycles. The van der Waals surface area contributed by atoms with E-state index in [9.17, 15) is 14.4 Å². The van der Waals surface area contributed by atoms with Crippen LogP contribution in [0.5, 0.6) is 0 Å². The van der Waals surface area contributed by atoms with E-state index >= 15 is 0 Å². The molecule has 0 N–H and O–H groups in total. The molecule has 65 heavy (non-hydrogen) atoms. The zero-order valence-electron chi connectivity index (χ0n) is 42.5. The van der Waals surface area contributed by atoms with Gasteiger partial charge in [0.1, 0.15) is 13.2 Å². The van der Waals surface area contributed by atoms with E-state index in [2.05, 4.69) is 106 Å². The predicted octanol–water partition coefficient (Wildman–Crippen LogP) is 18.0. The Morgan fingerprint density at radius 2 is 0.585 bits per heavy atom. The van der Waals surface area contributed by atoms with Crippen molar-refractivity contribution in [1.82, 2.24) is 0 Å². The van der Waals surface area contributed by atoms with E-state index in [4.69, 9.17) is 14.2 Å². The van der Waals surface area contributed by atoms with Crippen LogP contribution in [0.1, 0.15) is 252 Å². The molecule has 0 bridgehead atoms. The van der Waals surface area contributed by atoms with Gasteiger partial charge in [-0.25, -0.2) is 0 Å². The minimum absolute atomic E-state index is 0.0920. The van der Waals surface area contributed by atoms with Gasteiger partial charge in [-0.3, -0.25) is 14.4 Å². The molecule has 0 saturated heterocycles. The van der Waals surface area contributed by atoms with Crippen LogP contribution in [0.2, 0.25) is 0 Å². The summed E-state index contributed by atoms with van der Waals surface area (Å²) in [7, 11) is 0. The van der Waals surface area contributed by atoms with Crippen molar-refractivity contribution in [3.8, 4) is 0 Å². The van der Waals surface area contributed by atoms with Gasteiger partial charge in [-0.15, -0.1) is 0 Å². The summed E-state index contributed by atoms with van der Waals surface area (Å²) in [6.07, 6.45) is 68.5. The molecule has 0 amide bonds. The van der Waals surface area contributed by atoms with Gasteiger partial charge < -0.3 is 14.2 Å². The molecule has 6 heteroatoms. The van der Waals surface area contributed by atoms with Crippen LogP contribution >= 0.6 is 0 Å². The van der Waals surface area contributed by atoms with E-state index in [0.29, 0.717) is 19.3 Å². The number of carbonyl (C=O) groups excluding carboxylic acids is 3. The summed E-state index contributed by atoms with van der Waals surface area (Å²) in [6, 6.07) is 0. The Morgan fingerprint density at radius 3 is 0.969 bits per heavy atom. The molecule has 0 heterocycles. The quantitative estimate of drug-likeness (QED) is 0.0199. The van der Waals surface area contributed by atoms with Crippen LogP contribution in [0.25, 0.3) is 0 Å². The van der Waals surface area contributed by atoms with Crippen molar-refractivity contribution in [2.75, 3.05) is 13.2 Å². The standard InChI is InChI=1S/C59H100O6/c1-4-7-10-13-16-19-22-24-26-28-30-32-33-35-37-40-43-46-49-52-58(61)64-55-56(54-63-57(60)51-48-45-42-39-21-18-15-12-9-6-3)65-59(62)53-50-47-44-41-38-36-34-31-29-27-25-23-20-17-14-11-8-5-2/h15-20,22-25,27,29,31,34,56H,4-14,21,26,28,30,32-33,35-55H2,1-3H3/b18-15-,19-16-,20-17-,24-22-,25-23-,29-27-,34-31-. The lowest BCUT2D eigenvalue weighted by atomic mass is 10.1. The first-order valence-electron chi connectivity index (χ1n) is 27.2. The van der Waals surface area contributed by atoms with Gasteiger partial charge in [-0.1, -0.05) is 228 Å². The monoisotopic (exact) mass is 905 g/mol. The first kappa shape index (κ1) is 61.6. The second-order valence-corrected chi connectivity index (χ2v) is 17.9. The van der Waals surface area contributed by atoms with Crippen LogP contribution in [-0.4, -0.2) is 37.2 Å². The fourth-order valence-electron chi connectivity index (χ4n) is 7.31. The van der Waals surface area contributed by atoms with Gasteiger partial charge >= 0.3 is 17.9 Å². The summed E-state index contributed by atoms with van der Waals surface area (Å²) in [5.74, 6) is -0.931. The SMILES string of the molecule is CCCC/C=C\CCCCCCC(=O)OCC(COC(=O)CCCCCCCCCCCC/C=C\C=C/CCCCC)OC(=O)CCCCCCC\C=C/C=C\C=C/C=C\CCCCC. The molecule has 1 atom stereocenters. The predicted molar refractivity (Wildman–Crippen MR) is 279 cm³/mol. The number of allylic oxidation sites excluding steroid dienone is 14. The zero-order valence-corrected chi connectivity index (χ0v) is 42.5. The maximum absolute atomic E-state index is 12.8. The van der Waals surface area contributed by atoms with Gasteiger partial charge in [-0.05, 0) is 89.9 Å². The lowest BCUT2D eigenvalue weighted by molar-refractivity contribution is -0.167. The third-order valence-electron chi connectivity index (χ3n) is 11.5. The van der Waals surface area contributed by atoms with Gasteiger partial charge in [0.05, 0.1) is 0 Å². The minimum atomic E-state index is -0.794. The number of unbranched alkanes of at least 4 members (excludes halogenated alkanes) is 27. The van der Waals surface area contributed by atoms with Gasteiger partial charge in [-0.2, -0.15) is 0 Å². The van der Waals surface area contributed by atoms with E-state index < -0.39 is 6.10 Å².